The van der Waals surface area contributed by atoms with Gasteiger partial charge in [-0.25, -0.2) is 4.98 Å². The molecule has 1 atom stereocenters. The van der Waals surface area contributed by atoms with Crippen LogP contribution in [-0.4, -0.2) is 20.7 Å². The number of amides is 1. The summed E-state index contributed by atoms with van der Waals surface area (Å²) in [4.78, 5) is 17.6. The summed E-state index contributed by atoms with van der Waals surface area (Å²) in [7, 11) is 1.87. The second-order valence-electron chi connectivity index (χ2n) is 5.69. The Hall–Kier alpha value is -2.47. The van der Waals surface area contributed by atoms with Gasteiger partial charge in [0.2, 0.25) is 5.91 Å². The fourth-order valence-electron chi connectivity index (χ4n) is 3.08. The molecule has 23 heavy (non-hydrogen) atoms. The second kappa shape index (κ2) is 5.31. The summed E-state index contributed by atoms with van der Waals surface area (Å²) in [5.74, 6) is 0.821. The van der Waals surface area contributed by atoms with Gasteiger partial charge in [-0.1, -0.05) is 30.3 Å². The molecule has 1 aliphatic rings. The van der Waals surface area contributed by atoms with E-state index in [0.29, 0.717) is 6.42 Å². The summed E-state index contributed by atoms with van der Waals surface area (Å²) in [6.07, 6.45) is 2.31. The number of rotatable bonds is 2. The van der Waals surface area contributed by atoms with Gasteiger partial charge in [-0.2, -0.15) is 5.10 Å². The molecule has 1 aliphatic heterocycles. The van der Waals surface area contributed by atoms with Gasteiger partial charge < -0.3 is 5.32 Å². The molecular formula is C17H16N4OS. The van der Waals surface area contributed by atoms with E-state index in [1.807, 2.05) is 50.5 Å². The van der Waals surface area contributed by atoms with E-state index < -0.39 is 0 Å². The molecule has 1 amide bonds. The lowest BCUT2D eigenvalue weighted by atomic mass is 9.89. The molecule has 0 saturated heterocycles. The maximum atomic E-state index is 12.1. The fraction of sp³-hybridized carbons (Fsp3) is 0.235. The monoisotopic (exact) mass is 324 g/mol. The number of benzene rings is 1. The van der Waals surface area contributed by atoms with Crippen molar-refractivity contribution in [2.24, 2.45) is 7.05 Å². The van der Waals surface area contributed by atoms with Gasteiger partial charge in [0.15, 0.2) is 0 Å². The first-order chi connectivity index (χ1) is 11.1. The summed E-state index contributed by atoms with van der Waals surface area (Å²) < 4.78 is 1.76. The van der Waals surface area contributed by atoms with Crippen LogP contribution in [-0.2, 0) is 11.8 Å². The van der Waals surface area contributed by atoms with Crippen LogP contribution >= 0.6 is 11.3 Å². The Morgan fingerprint density at radius 1 is 1.30 bits per heavy atom. The van der Waals surface area contributed by atoms with E-state index >= 15 is 0 Å². The Morgan fingerprint density at radius 3 is 2.78 bits per heavy atom. The summed E-state index contributed by atoms with van der Waals surface area (Å²) in [6.45, 7) is 1.99. The molecule has 2 aromatic heterocycles. The molecule has 3 heterocycles. The Kier molecular flexibility index (Phi) is 3.27. The molecule has 1 unspecified atom stereocenters. The number of fused-ring (bicyclic) bond motifs is 1. The van der Waals surface area contributed by atoms with E-state index in [9.17, 15) is 4.79 Å². The van der Waals surface area contributed by atoms with Crippen molar-refractivity contribution < 1.29 is 4.79 Å². The number of carbonyl (C=O) groups excluding carboxylic acids is 1. The van der Waals surface area contributed by atoms with Gasteiger partial charge >= 0.3 is 0 Å². The van der Waals surface area contributed by atoms with Crippen LogP contribution < -0.4 is 5.32 Å². The highest BCUT2D eigenvalue weighted by Crippen LogP contribution is 2.43. The third kappa shape index (κ3) is 2.35. The lowest BCUT2D eigenvalue weighted by molar-refractivity contribution is -0.116. The van der Waals surface area contributed by atoms with Gasteiger partial charge in [0.25, 0.3) is 0 Å². The summed E-state index contributed by atoms with van der Waals surface area (Å²) in [5.41, 5.74) is 3.08. The maximum absolute atomic E-state index is 12.1. The average Bonchev–Trinajstić information content (AvgIpc) is 3.12. The molecule has 4 rings (SSSR count). The average molecular weight is 324 g/mol. The number of aryl methyl sites for hydroxylation is 2. The third-order valence-corrected chi connectivity index (χ3v) is 5.14. The number of nitrogens with one attached hydrogen (secondary N) is 1. The number of carbonyl (C=O) groups is 1. The molecule has 3 aromatic rings. The first kappa shape index (κ1) is 14.1. The van der Waals surface area contributed by atoms with Crippen molar-refractivity contribution in [1.29, 1.82) is 0 Å². The van der Waals surface area contributed by atoms with Crippen molar-refractivity contribution in [2.75, 3.05) is 5.32 Å². The van der Waals surface area contributed by atoms with E-state index in [1.165, 1.54) is 0 Å². The number of hydrogen-bond donors (Lipinski definition) is 1. The SMILES string of the molecule is Cc1ncc(C2CC(=O)Nc3c2c(-c2ccccc2)nn3C)s1. The number of nitrogens with zero attached hydrogens (tertiary/aromatic N) is 3. The smallest absolute Gasteiger partial charge is 0.226 e. The van der Waals surface area contributed by atoms with E-state index in [-0.39, 0.29) is 11.8 Å². The molecule has 0 spiro atoms. The van der Waals surface area contributed by atoms with Crippen LogP contribution in [0, 0.1) is 6.92 Å². The van der Waals surface area contributed by atoms with E-state index in [2.05, 4.69) is 15.4 Å². The van der Waals surface area contributed by atoms with E-state index in [1.54, 1.807) is 16.0 Å². The topological polar surface area (TPSA) is 59.8 Å². The number of anilines is 1. The van der Waals surface area contributed by atoms with Gasteiger partial charge in [0.1, 0.15) is 5.82 Å². The third-order valence-electron chi connectivity index (χ3n) is 4.11. The van der Waals surface area contributed by atoms with E-state index in [4.69, 9.17) is 0 Å². The number of thiazole rings is 1. The highest BCUT2D eigenvalue weighted by Gasteiger charge is 2.34. The van der Waals surface area contributed by atoms with Crippen LogP contribution in [0.3, 0.4) is 0 Å². The molecular weight excluding hydrogens is 308 g/mol. The quantitative estimate of drug-likeness (QED) is 0.786. The van der Waals surface area contributed by atoms with Crippen molar-refractivity contribution >= 4 is 23.1 Å². The van der Waals surface area contributed by atoms with Crippen molar-refractivity contribution in [3.05, 3.63) is 52.0 Å². The van der Waals surface area contributed by atoms with Gasteiger partial charge in [-0.05, 0) is 6.92 Å². The van der Waals surface area contributed by atoms with Crippen molar-refractivity contribution in [3.8, 4) is 11.3 Å². The van der Waals surface area contributed by atoms with Gasteiger partial charge in [0.05, 0.1) is 10.7 Å². The van der Waals surface area contributed by atoms with Gasteiger partial charge in [-0.15, -0.1) is 11.3 Å². The van der Waals surface area contributed by atoms with Crippen molar-refractivity contribution in [1.82, 2.24) is 14.8 Å². The molecule has 5 nitrogen and oxygen atoms in total. The van der Waals surface area contributed by atoms with Gasteiger partial charge in [0, 0.05) is 41.6 Å². The van der Waals surface area contributed by atoms with Crippen LogP contribution in [0.5, 0.6) is 0 Å². The Balaban J connectivity index is 1.93. The van der Waals surface area contributed by atoms with E-state index in [0.717, 1.165) is 32.5 Å². The highest BCUT2D eigenvalue weighted by atomic mass is 32.1. The molecule has 0 aliphatic carbocycles. The van der Waals surface area contributed by atoms with Crippen LogP contribution in [0.1, 0.15) is 27.8 Å². The zero-order chi connectivity index (χ0) is 16.0. The molecule has 0 bridgehead atoms. The molecule has 116 valence electrons. The van der Waals surface area contributed by atoms with Gasteiger partial charge in [-0.3, -0.25) is 9.48 Å². The van der Waals surface area contributed by atoms with Crippen LogP contribution in [0.4, 0.5) is 5.82 Å². The first-order valence-electron chi connectivity index (χ1n) is 7.48. The Labute approximate surface area is 138 Å². The number of hydrogen-bond acceptors (Lipinski definition) is 4. The lowest BCUT2D eigenvalue weighted by Gasteiger charge is -2.22. The standard InChI is InChI=1S/C17H16N4OS/c1-10-18-9-13(23-10)12-8-14(22)19-17-15(12)16(20-21(17)2)11-6-4-3-5-7-11/h3-7,9,12H,8H2,1-2H3,(H,19,22). The lowest BCUT2D eigenvalue weighted by Crippen LogP contribution is -2.24. The second-order valence-corrected chi connectivity index (χ2v) is 6.95. The molecule has 1 N–H and O–H groups in total. The molecule has 6 heteroatoms. The largest absolute Gasteiger partial charge is 0.311 e. The van der Waals surface area contributed by atoms with Crippen molar-refractivity contribution in [3.63, 3.8) is 0 Å². The Bertz CT molecular complexity index is 881. The summed E-state index contributed by atoms with van der Waals surface area (Å²) in [6, 6.07) is 10.1. The fourth-order valence-corrected chi connectivity index (χ4v) is 3.98. The molecule has 0 radical (unpaired) electrons. The maximum Gasteiger partial charge on any atom is 0.226 e. The molecule has 0 saturated carbocycles. The summed E-state index contributed by atoms with van der Waals surface area (Å²) >= 11 is 1.64. The normalized spacial score (nSPS) is 17.0. The van der Waals surface area contributed by atoms with Crippen LogP contribution in [0.25, 0.3) is 11.3 Å². The predicted octanol–water partition coefficient (Wildman–Crippen LogP) is 3.33. The Morgan fingerprint density at radius 2 is 2.09 bits per heavy atom. The zero-order valence-electron chi connectivity index (χ0n) is 12.9. The number of aromatic nitrogens is 3. The van der Waals surface area contributed by atoms with Crippen LogP contribution in [0.2, 0.25) is 0 Å². The van der Waals surface area contributed by atoms with Crippen LogP contribution in [0.15, 0.2) is 36.5 Å². The minimum Gasteiger partial charge on any atom is -0.311 e. The predicted molar refractivity (Wildman–Crippen MR) is 90.6 cm³/mol. The minimum absolute atomic E-state index is 0.00820. The zero-order valence-corrected chi connectivity index (χ0v) is 13.7. The van der Waals surface area contributed by atoms with Crippen molar-refractivity contribution in [2.45, 2.75) is 19.3 Å². The first-order valence-corrected chi connectivity index (χ1v) is 8.29. The molecule has 1 aromatic carbocycles. The minimum atomic E-state index is 0.00820. The molecule has 0 fully saturated rings. The highest BCUT2D eigenvalue weighted by molar-refractivity contribution is 7.11. The summed E-state index contributed by atoms with van der Waals surface area (Å²) in [5, 5.41) is 8.65.